The van der Waals surface area contributed by atoms with Crippen LogP contribution < -0.4 is 4.74 Å². The minimum absolute atomic E-state index is 0.0205. The minimum atomic E-state index is 0.0205. The fourth-order valence-corrected chi connectivity index (χ4v) is 3.36. The summed E-state index contributed by atoms with van der Waals surface area (Å²) in [5, 5.41) is 2.44. The Morgan fingerprint density at radius 3 is 2.88 bits per heavy atom. The normalized spacial score (nSPS) is 18.6. The van der Waals surface area contributed by atoms with E-state index in [0.29, 0.717) is 0 Å². The number of imidazole rings is 1. The number of nitrogens with one attached hydrogen (secondary N) is 1. The molecule has 25 heavy (non-hydrogen) atoms. The first kappa shape index (κ1) is 16.1. The zero-order valence-corrected chi connectivity index (χ0v) is 14.7. The molecule has 1 aliphatic rings. The Morgan fingerprint density at radius 2 is 2.08 bits per heavy atom. The van der Waals surface area contributed by atoms with Crippen molar-refractivity contribution in [2.75, 3.05) is 26.8 Å². The van der Waals surface area contributed by atoms with Crippen LogP contribution in [-0.2, 0) is 11.3 Å². The summed E-state index contributed by atoms with van der Waals surface area (Å²) in [5.41, 5.74) is 2.38. The average molecular weight is 337 g/mol. The summed E-state index contributed by atoms with van der Waals surface area (Å²) in [7, 11) is 1.70. The number of hydrogen-bond donors (Lipinski definition) is 1. The second-order valence-corrected chi connectivity index (χ2v) is 6.59. The van der Waals surface area contributed by atoms with Crippen LogP contribution >= 0.6 is 0 Å². The maximum Gasteiger partial charge on any atom is 0.136 e. The highest BCUT2D eigenvalue weighted by Gasteiger charge is 2.24. The van der Waals surface area contributed by atoms with Crippen LogP contribution in [0, 0.1) is 6.92 Å². The number of methoxy groups -OCH3 is 1. The zero-order chi connectivity index (χ0) is 17.2. The van der Waals surface area contributed by atoms with Crippen molar-refractivity contribution in [3.63, 3.8) is 0 Å². The summed E-state index contributed by atoms with van der Waals surface area (Å²) in [6.07, 6.45) is 1.88. The number of H-pyrrole nitrogens is 1. The van der Waals surface area contributed by atoms with Crippen molar-refractivity contribution in [3.05, 3.63) is 59.7 Å². The number of benzene rings is 2. The first-order valence-corrected chi connectivity index (χ1v) is 8.63. The highest BCUT2D eigenvalue weighted by atomic mass is 16.5. The molecule has 2 aromatic carbocycles. The lowest BCUT2D eigenvalue weighted by Crippen LogP contribution is -2.38. The van der Waals surface area contributed by atoms with E-state index in [-0.39, 0.29) is 6.10 Å². The first-order valence-electron chi connectivity index (χ1n) is 8.63. The number of rotatable bonds is 4. The second kappa shape index (κ2) is 6.86. The predicted octanol–water partition coefficient (Wildman–Crippen LogP) is 3.45. The lowest BCUT2D eigenvalue weighted by Gasteiger charge is -2.32. The highest BCUT2D eigenvalue weighted by Crippen LogP contribution is 2.24. The van der Waals surface area contributed by atoms with E-state index in [1.807, 2.05) is 19.2 Å². The molecule has 0 bridgehead atoms. The van der Waals surface area contributed by atoms with Gasteiger partial charge >= 0.3 is 0 Å². The molecule has 1 atom stereocenters. The van der Waals surface area contributed by atoms with Gasteiger partial charge in [-0.25, -0.2) is 4.98 Å². The van der Waals surface area contributed by atoms with E-state index in [1.54, 1.807) is 7.11 Å². The Kier molecular flexibility index (Phi) is 4.42. The van der Waals surface area contributed by atoms with Crippen molar-refractivity contribution < 1.29 is 9.47 Å². The SMILES string of the molecule is COc1ccc2cc(CN3CCO[C@@H](c4ncc(C)[nH]4)C3)ccc2c1. The molecule has 1 saturated heterocycles. The van der Waals surface area contributed by atoms with Crippen molar-refractivity contribution in [1.82, 2.24) is 14.9 Å². The van der Waals surface area contributed by atoms with Crippen molar-refractivity contribution in [2.45, 2.75) is 19.6 Å². The Morgan fingerprint density at radius 1 is 1.24 bits per heavy atom. The van der Waals surface area contributed by atoms with E-state index < -0.39 is 0 Å². The minimum Gasteiger partial charge on any atom is -0.497 e. The van der Waals surface area contributed by atoms with Crippen LogP contribution in [0.1, 0.15) is 23.2 Å². The highest BCUT2D eigenvalue weighted by molar-refractivity contribution is 5.84. The van der Waals surface area contributed by atoms with Crippen molar-refractivity contribution >= 4 is 10.8 Å². The van der Waals surface area contributed by atoms with Gasteiger partial charge in [0.15, 0.2) is 0 Å². The van der Waals surface area contributed by atoms with Crippen LogP contribution in [0.2, 0.25) is 0 Å². The Labute approximate surface area is 147 Å². The van der Waals surface area contributed by atoms with Gasteiger partial charge in [-0.15, -0.1) is 0 Å². The van der Waals surface area contributed by atoms with E-state index >= 15 is 0 Å². The van der Waals surface area contributed by atoms with Gasteiger partial charge in [0.05, 0.1) is 13.7 Å². The monoisotopic (exact) mass is 337 g/mol. The van der Waals surface area contributed by atoms with E-state index in [2.05, 4.69) is 45.2 Å². The maximum absolute atomic E-state index is 5.89. The van der Waals surface area contributed by atoms with Gasteiger partial charge < -0.3 is 14.5 Å². The molecule has 0 amide bonds. The zero-order valence-electron chi connectivity index (χ0n) is 14.7. The molecule has 5 heteroatoms. The molecule has 1 aliphatic heterocycles. The van der Waals surface area contributed by atoms with Gasteiger partial charge in [0.25, 0.3) is 0 Å². The summed E-state index contributed by atoms with van der Waals surface area (Å²) < 4.78 is 11.2. The first-order chi connectivity index (χ1) is 12.2. The second-order valence-electron chi connectivity index (χ2n) is 6.59. The number of hydrogen-bond acceptors (Lipinski definition) is 4. The number of nitrogens with zero attached hydrogens (tertiary/aromatic N) is 2. The number of ether oxygens (including phenoxy) is 2. The predicted molar refractivity (Wildman–Crippen MR) is 97.8 cm³/mol. The van der Waals surface area contributed by atoms with Gasteiger partial charge in [-0.3, -0.25) is 4.90 Å². The molecule has 5 nitrogen and oxygen atoms in total. The van der Waals surface area contributed by atoms with Gasteiger partial charge in [-0.2, -0.15) is 0 Å². The molecule has 0 unspecified atom stereocenters. The number of aryl methyl sites for hydroxylation is 1. The molecule has 0 saturated carbocycles. The van der Waals surface area contributed by atoms with Crippen LogP contribution in [0.25, 0.3) is 10.8 Å². The lowest BCUT2D eigenvalue weighted by atomic mass is 10.1. The summed E-state index contributed by atoms with van der Waals surface area (Å²) in [4.78, 5) is 10.1. The molecular weight excluding hydrogens is 314 g/mol. The summed E-state index contributed by atoms with van der Waals surface area (Å²) in [6.45, 7) is 5.46. The van der Waals surface area contributed by atoms with Gasteiger partial charge in [-0.05, 0) is 41.5 Å². The van der Waals surface area contributed by atoms with Crippen LogP contribution in [-0.4, -0.2) is 41.7 Å². The number of fused-ring (bicyclic) bond motifs is 1. The average Bonchev–Trinajstić information content (AvgIpc) is 3.08. The van der Waals surface area contributed by atoms with Gasteiger partial charge in [-0.1, -0.05) is 18.2 Å². The van der Waals surface area contributed by atoms with Crippen LogP contribution in [0.5, 0.6) is 5.75 Å². The summed E-state index contributed by atoms with van der Waals surface area (Å²) in [5.74, 6) is 1.82. The number of aromatic nitrogens is 2. The largest absolute Gasteiger partial charge is 0.497 e. The van der Waals surface area contributed by atoms with Crippen LogP contribution in [0.3, 0.4) is 0 Å². The van der Waals surface area contributed by atoms with E-state index in [0.717, 1.165) is 43.5 Å². The fourth-order valence-electron chi connectivity index (χ4n) is 3.36. The Hall–Kier alpha value is -2.37. The summed E-state index contributed by atoms with van der Waals surface area (Å²) >= 11 is 0. The van der Waals surface area contributed by atoms with Crippen molar-refractivity contribution in [2.24, 2.45) is 0 Å². The molecule has 0 spiro atoms. The smallest absolute Gasteiger partial charge is 0.136 e. The topological polar surface area (TPSA) is 50.4 Å². The van der Waals surface area contributed by atoms with Crippen LogP contribution in [0.15, 0.2) is 42.6 Å². The molecule has 4 rings (SSSR count). The maximum atomic E-state index is 5.89. The standard InChI is InChI=1S/C20H23N3O2/c1-14-11-21-20(22-14)19-13-23(7-8-25-19)12-15-3-4-17-10-18(24-2)6-5-16(17)9-15/h3-6,9-11,19H,7-8,12-13H2,1-2H3,(H,21,22)/t19-/m1/s1. The van der Waals surface area contributed by atoms with Crippen molar-refractivity contribution in [1.29, 1.82) is 0 Å². The third-order valence-corrected chi connectivity index (χ3v) is 4.70. The van der Waals surface area contributed by atoms with E-state index in [9.17, 15) is 0 Å². The van der Waals surface area contributed by atoms with Crippen molar-refractivity contribution in [3.8, 4) is 5.75 Å². The third kappa shape index (κ3) is 3.52. The third-order valence-electron chi connectivity index (χ3n) is 4.70. The quantitative estimate of drug-likeness (QED) is 0.792. The molecule has 0 radical (unpaired) electrons. The molecule has 3 aromatic rings. The molecule has 1 fully saturated rings. The Bertz CT molecular complexity index is 874. The van der Waals surface area contributed by atoms with Gasteiger partial charge in [0.1, 0.15) is 17.7 Å². The summed E-state index contributed by atoms with van der Waals surface area (Å²) in [6, 6.07) is 12.8. The number of morpholine rings is 1. The molecule has 2 heterocycles. The molecule has 1 aromatic heterocycles. The van der Waals surface area contributed by atoms with Gasteiger partial charge in [0, 0.05) is 31.5 Å². The molecular formula is C20H23N3O2. The Balaban J connectivity index is 1.48. The number of aromatic amines is 1. The molecule has 130 valence electrons. The fraction of sp³-hybridized carbons (Fsp3) is 0.350. The molecule has 0 aliphatic carbocycles. The van der Waals surface area contributed by atoms with E-state index in [4.69, 9.17) is 9.47 Å². The molecule has 1 N–H and O–H groups in total. The van der Waals surface area contributed by atoms with Gasteiger partial charge in [0.2, 0.25) is 0 Å². The lowest BCUT2D eigenvalue weighted by molar-refractivity contribution is -0.0368. The van der Waals surface area contributed by atoms with Crippen LogP contribution in [0.4, 0.5) is 0 Å². The van der Waals surface area contributed by atoms with E-state index in [1.165, 1.54) is 16.3 Å².